The SMILES string of the molecule is CCCC(=O)c1c(CCC)cc(-c2ccccc2)oc1=O. The van der Waals surface area contributed by atoms with Gasteiger partial charge in [0.05, 0.1) is 0 Å². The highest BCUT2D eigenvalue weighted by molar-refractivity contribution is 5.97. The molecule has 0 radical (unpaired) electrons. The van der Waals surface area contributed by atoms with Gasteiger partial charge in [-0.3, -0.25) is 4.79 Å². The van der Waals surface area contributed by atoms with Crippen molar-refractivity contribution in [3.63, 3.8) is 0 Å². The molecule has 0 atom stereocenters. The van der Waals surface area contributed by atoms with Gasteiger partial charge in [-0.15, -0.1) is 0 Å². The van der Waals surface area contributed by atoms with Gasteiger partial charge in [0, 0.05) is 12.0 Å². The molecule has 0 saturated carbocycles. The highest BCUT2D eigenvalue weighted by Crippen LogP contribution is 2.21. The molecular weight excluding hydrogens is 264 g/mol. The van der Waals surface area contributed by atoms with E-state index < -0.39 is 5.63 Å². The van der Waals surface area contributed by atoms with Gasteiger partial charge in [-0.2, -0.15) is 0 Å². The van der Waals surface area contributed by atoms with Gasteiger partial charge in [-0.1, -0.05) is 50.6 Å². The quantitative estimate of drug-likeness (QED) is 0.745. The topological polar surface area (TPSA) is 47.3 Å². The summed E-state index contributed by atoms with van der Waals surface area (Å²) in [6.45, 7) is 3.96. The van der Waals surface area contributed by atoms with Crippen LogP contribution in [0.2, 0.25) is 0 Å². The average molecular weight is 284 g/mol. The zero-order valence-electron chi connectivity index (χ0n) is 12.5. The summed E-state index contributed by atoms with van der Waals surface area (Å²) in [4.78, 5) is 24.4. The molecule has 0 N–H and O–H groups in total. The molecule has 1 aromatic heterocycles. The van der Waals surface area contributed by atoms with Gasteiger partial charge in [-0.05, 0) is 24.5 Å². The molecule has 0 aliphatic heterocycles. The molecule has 0 saturated heterocycles. The zero-order chi connectivity index (χ0) is 15.2. The van der Waals surface area contributed by atoms with Gasteiger partial charge in [-0.25, -0.2) is 4.79 Å². The fourth-order valence-electron chi connectivity index (χ4n) is 2.40. The molecule has 3 heteroatoms. The molecule has 0 aliphatic rings. The van der Waals surface area contributed by atoms with Crippen LogP contribution in [0.3, 0.4) is 0 Å². The van der Waals surface area contributed by atoms with Crippen LogP contribution in [-0.2, 0) is 6.42 Å². The van der Waals surface area contributed by atoms with Crippen LogP contribution in [0.1, 0.15) is 49.0 Å². The number of Topliss-reactive ketones (excluding diaryl/α,β-unsaturated/α-hetero) is 1. The summed E-state index contributed by atoms with van der Waals surface area (Å²) >= 11 is 0. The first-order valence-electron chi connectivity index (χ1n) is 7.43. The molecule has 0 bridgehead atoms. The van der Waals surface area contributed by atoms with Crippen LogP contribution in [0.15, 0.2) is 45.6 Å². The highest BCUT2D eigenvalue weighted by atomic mass is 16.4. The lowest BCUT2D eigenvalue weighted by Crippen LogP contribution is -2.17. The lowest BCUT2D eigenvalue weighted by Gasteiger charge is -2.08. The Balaban J connectivity index is 2.54. The van der Waals surface area contributed by atoms with E-state index in [4.69, 9.17) is 4.42 Å². The molecule has 0 amide bonds. The first-order valence-corrected chi connectivity index (χ1v) is 7.43. The summed E-state index contributed by atoms with van der Waals surface area (Å²) in [5.74, 6) is 0.409. The molecule has 21 heavy (non-hydrogen) atoms. The second-order valence-corrected chi connectivity index (χ2v) is 5.09. The fraction of sp³-hybridized carbons (Fsp3) is 0.333. The van der Waals surface area contributed by atoms with Gasteiger partial charge in [0.2, 0.25) is 0 Å². The Labute approximate surface area is 124 Å². The van der Waals surface area contributed by atoms with Crippen molar-refractivity contribution in [3.05, 3.63) is 57.9 Å². The molecule has 0 aliphatic carbocycles. The van der Waals surface area contributed by atoms with E-state index in [1.54, 1.807) is 0 Å². The third kappa shape index (κ3) is 3.48. The van der Waals surface area contributed by atoms with Crippen LogP contribution in [0.5, 0.6) is 0 Å². The minimum atomic E-state index is -0.516. The summed E-state index contributed by atoms with van der Waals surface area (Å²) in [5, 5.41) is 0. The molecule has 1 heterocycles. The van der Waals surface area contributed by atoms with Crippen molar-refractivity contribution in [2.24, 2.45) is 0 Å². The average Bonchev–Trinajstić information content (AvgIpc) is 2.48. The summed E-state index contributed by atoms with van der Waals surface area (Å²) < 4.78 is 5.37. The normalized spacial score (nSPS) is 10.6. The second-order valence-electron chi connectivity index (χ2n) is 5.09. The number of carbonyl (C=O) groups excluding carboxylic acids is 1. The minimum absolute atomic E-state index is 0.116. The Bertz CT molecular complexity index is 669. The van der Waals surface area contributed by atoms with Crippen LogP contribution in [0, 0.1) is 0 Å². The van der Waals surface area contributed by atoms with Crippen LogP contribution < -0.4 is 5.63 Å². The number of carbonyl (C=O) groups is 1. The van der Waals surface area contributed by atoms with Gasteiger partial charge in [0.25, 0.3) is 0 Å². The van der Waals surface area contributed by atoms with E-state index in [0.29, 0.717) is 18.6 Å². The molecule has 0 fully saturated rings. The Kier molecular flexibility index (Phi) is 5.09. The van der Waals surface area contributed by atoms with Crippen molar-refractivity contribution < 1.29 is 9.21 Å². The van der Waals surface area contributed by atoms with E-state index in [1.165, 1.54) is 0 Å². The van der Waals surface area contributed by atoms with Crippen molar-refractivity contribution in [1.82, 2.24) is 0 Å². The fourth-order valence-corrected chi connectivity index (χ4v) is 2.40. The van der Waals surface area contributed by atoms with Crippen molar-refractivity contribution in [1.29, 1.82) is 0 Å². The van der Waals surface area contributed by atoms with Crippen molar-refractivity contribution >= 4 is 5.78 Å². The molecule has 0 spiro atoms. The van der Waals surface area contributed by atoms with E-state index in [9.17, 15) is 9.59 Å². The maximum absolute atomic E-state index is 12.2. The Morgan fingerprint density at radius 1 is 1.10 bits per heavy atom. The first-order chi connectivity index (χ1) is 10.2. The van der Waals surface area contributed by atoms with E-state index >= 15 is 0 Å². The molecule has 2 rings (SSSR count). The van der Waals surface area contributed by atoms with Crippen LogP contribution >= 0.6 is 0 Å². The molecule has 1 aromatic carbocycles. The number of ketones is 1. The Morgan fingerprint density at radius 2 is 1.81 bits per heavy atom. The molecule has 2 aromatic rings. The van der Waals surface area contributed by atoms with Gasteiger partial charge in [0.1, 0.15) is 11.3 Å². The summed E-state index contributed by atoms with van der Waals surface area (Å²) in [6.07, 6.45) is 2.69. The maximum Gasteiger partial charge on any atom is 0.347 e. The standard InChI is InChI=1S/C18H20O3/c1-3-8-14-12-16(13-10-6-5-7-11-13)21-18(20)17(14)15(19)9-4-2/h5-7,10-12H,3-4,8-9H2,1-2H3. The van der Waals surface area contributed by atoms with Crippen molar-refractivity contribution in [3.8, 4) is 11.3 Å². The van der Waals surface area contributed by atoms with E-state index in [0.717, 1.165) is 24.0 Å². The predicted octanol–water partition coefficient (Wildman–Crippen LogP) is 4.24. The van der Waals surface area contributed by atoms with Crippen LogP contribution in [0.4, 0.5) is 0 Å². The predicted molar refractivity (Wildman–Crippen MR) is 83.6 cm³/mol. The lowest BCUT2D eigenvalue weighted by atomic mass is 9.98. The van der Waals surface area contributed by atoms with E-state index in [-0.39, 0.29) is 11.3 Å². The Morgan fingerprint density at radius 3 is 2.43 bits per heavy atom. The highest BCUT2D eigenvalue weighted by Gasteiger charge is 2.18. The lowest BCUT2D eigenvalue weighted by molar-refractivity contribution is 0.0977. The summed E-state index contributed by atoms with van der Waals surface area (Å²) in [7, 11) is 0. The van der Waals surface area contributed by atoms with Gasteiger partial charge in [0.15, 0.2) is 5.78 Å². The van der Waals surface area contributed by atoms with Crippen molar-refractivity contribution in [2.45, 2.75) is 39.5 Å². The van der Waals surface area contributed by atoms with Crippen LogP contribution in [0.25, 0.3) is 11.3 Å². The largest absolute Gasteiger partial charge is 0.422 e. The monoisotopic (exact) mass is 284 g/mol. The third-order valence-corrected chi connectivity index (χ3v) is 3.37. The first kappa shape index (κ1) is 15.2. The number of hydrogen-bond acceptors (Lipinski definition) is 3. The Hall–Kier alpha value is -2.16. The number of hydrogen-bond donors (Lipinski definition) is 0. The third-order valence-electron chi connectivity index (χ3n) is 3.37. The second kappa shape index (κ2) is 7.02. The number of benzene rings is 1. The summed E-state index contributed by atoms with van der Waals surface area (Å²) in [5.41, 5.74) is 1.36. The number of aryl methyl sites for hydroxylation is 1. The van der Waals surface area contributed by atoms with Gasteiger partial charge >= 0.3 is 5.63 Å². The maximum atomic E-state index is 12.2. The summed E-state index contributed by atoms with van der Waals surface area (Å²) in [6, 6.07) is 11.3. The molecule has 0 unspecified atom stereocenters. The van der Waals surface area contributed by atoms with Gasteiger partial charge < -0.3 is 4.42 Å². The molecule has 3 nitrogen and oxygen atoms in total. The number of rotatable bonds is 6. The van der Waals surface area contributed by atoms with E-state index in [1.807, 2.05) is 50.2 Å². The minimum Gasteiger partial charge on any atom is -0.422 e. The smallest absolute Gasteiger partial charge is 0.347 e. The molecular formula is C18H20O3. The van der Waals surface area contributed by atoms with Crippen molar-refractivity contribution in [2.75, 3.05) is 0 Å². The zero-order valence-corrected chi connectivity index (χ0v) is 12.5. The molecule has 110 valence electrons. The van der Waals surface area contributed by atoms with E-state index in [2.05, 4.69) is 0 Å². The van der Waals surface area contributed by atoms with Crippen LogP contribution in [-0.4, -0.2) is 5.78 Å².